The van der Waals surface area contributed by atoms with Crippen molar-refractivity contribution >= 4 is 41.5 Å². The fourth-order valence-electron chi connectivity index (χ4n) is 0.749. The van der Waals surface area contributed by atoms with E-state index in [-0.39, 0.29) is 0 Å². The molecule has 0 amide bonds. The Morgan fingerprint density at radius 2 is 2.00 bits per heavy atom. The molecule has 0 aromatic heterocycles. The summed E-state index contributed by atoms with van der Waals surface area (Å²) in [5.74, 6) is 0. The van der Waals surface area contributed by atoms with E-state index in [1.807, 2.05) is 6.92 Å². The van der Waals surface area contributed by atoms with Crippen LogP contribution in [0, 0.1) is 6.92 Å². The van der Waals surface area contributed by atoms with Crippen molar-refractivity contribution < 1.29 is 0 Å². The second-order valence-corrected chi connectivity index (χ2v) is 3.48. The van der Waals surface area contributed by atoms with E-state index in [2.05, 4.69) is 12.6 Å². The maximum atomic E-state index is 5.84. The van der Waals surface area contributed by atoms with Gasteiger partial charge in [-0.1, -0.05) is 23.2 Å². The van der Waals surface area contributed by atoms with E-state index < -0.39 is 0 Å². The predicted octanol–water partition coefficient (Wildman–Crippen LogP) is 3.17. The highest BCUT2D eigenvalue weighted by Crippen LogP contribution is 2.34. The number of benzene rings is 1. The maximum Gasteiger partial charge on any atom is 0.0654 e. The number of nitrogen functional groups attached to an aromatic ring is 1. The Kier molecular flexibility index (Phi) is 2.58. The van der Waals surface area contributed by atoms with Crippen molar-refractivity contribution in [1.82, 2.24) is 0 Å². The minimum absolute atomic E-state index is 0.436. The van der Waals surface area contributed by atoms with Gasteiger partial charge in [-0.25, -0.2) is 0 Å². The van der Waals surface area contributed by atoms with Crippen LogP contribution in [0.25, 0.3) is 0 Å². The molecule has 0 aliphatic heterocycles. The molecule has 0 unspecified atom stereocenters. The molecule has 0 saturated heterocycles. The summed E-state index contributed by atoms with van der Waals surface area (Å²) in [7, 11) is 0. The highest BCUT2D eigenvalue weighted by molar-refractivity contribution is 7.80. The van der Waals surface area contributed by atoms with Gasteiger partial charge in [-0.15, -0.1) is 12.6 Å². The molecule has 11 heavy (non-hydrogen) atoms. The van der Waals surface area contributed by atoms with Gasteiger partial charge in [-0.2, -0.15) is 0 Å². The Hall–Kier alpha value is -0.0500. The van der Waals surface area contributed by atoms with Crippen molar-refractivity contribution in [3.05, 3.63) is 21.7 Å². The summed E-state index contributed by atoms with van der Waals surface area (Å²) in [6.07, 6.45) is 0. The maximum absolute atomic E-state index is 5.84. The molecule has 0 fully saturated rings. The van der Waals surface area contributed by atoms with Gasteiger partial charge in [0.15, 0.2) is 0 Å². The summed E-state index contributed by atoms with van der Waals surface area (Å²) in [6, 6.07) is 1.72. The van der Waals surface area contributed by atoms with Crippen molar-refractivity contribution in [1.29, 1.82) is 0 Å². The molecule has 0 heterocycles. The van der Waals surface area contributed by atoms with Gasteiger partial charge in [0.1, 0.15) is 0 Å². The molecule has 0 saturated carbocycles. The first-order valence-corrected chi connectivity index (χ1v) is 4.17. The van der Waals surface area contributed by atoms with Crippen LogP contribution in [0.1, 0.15) is 5.56 Å². The van der Waals surface area contributed by atoms with Gasteiger partial charge >= 0.3 is 0 Å². The summed E-state index contributed by atoms with van der Waals surface area (Å²) in [5, 5.41) is 1.06. The Bertz CT molecular complexity index is 273. The average Bonchev–Trinajstić information content (AvgIpc) is 1.97. The molecule has 60 valence electrons. The standard InChI is InChI=1S/C7H7Cl2NS/c1-3-2-4(8)6(10)7(11)5(3)9/h2,11H,10H2,1H3. The van der Waals surface area contributed by atoms with Gasteiger partial charge in [0.05, 0.1) is 15.7 Å². The van der Waals surface area contributed by atoms with Gasteiger partial charge in [0.2, 0.25) is 0 Å². The van der Waals surface area contributed by atoms with Gasteiger partial charge < -0.3 is 5.73 Å². The number of nitrogens with two attached hydrogens (primary N) is 1. The van der Waals surface area contributed by atoms with Crippen LogP contribution in [0.15, 0.2) is 11.0 Å². The highest BCUT2D eigenvalue weighted by atomic mass is 35.5. The van der Waals surface area contributed by atoms with Gasteiger partial charge in [-0.05, 0) is 18.6 Å². The lowest BCUT2D eigenvalue weighted by Crippen LogP contribution is -1.90. The van der Waals surface area contributed by atoms with Crippen LogP contribution in [0.3, 0.4) is 0 Å². The fourth-order valence-corrected chi connectivity index (χ4v) is 1.53. The number of anilines is 1. The summed E-state index contributed by atoms with van der Waals surface area (Å²) < 4.78 is 0. The molecule has 0 aliphatic carbocycles. The summed E-state index contributed by atoms with van der Waals surface area (Å²) in [6.45, 7) is 1.85. The van der Waals surface area contributed by atoms with Gasteiger partial charge in [0.25, 0.3) is 0 Å². The smallest absolute Gasteiger partial charge is 0.0654 e. The first-order valence-electron chi connectivity index (χ1n) is 2.97. The quantitative estimate of drug-likeness (QED) is 0.497. The van der Waals surface area contributed by atoms with E-state index in [9.17, 15) is 0 Å². The van der Waals surface area contributed by atoms with E-state index in [0.717, 1.165) is 5.56 Å². The minimum Gasteiger partial charge on any atom is -0.397 e. The number of halogens is 2. The van der Waals surface area contributed by atoms with Crippen molar-refractivity contribution in [2.75, 3.05) is 5.73 Å². The van der Waals surface area contributed by atoms with Crippen LogP contribution >= 0.6 is 35.8 Å². The van der Waals surface area contributed by atoms with Crippen LogP contribution < -0.4 is 5.73 Å². The Morgan fingerprint density at radius 1 is 1.45 bits per heavy atom. The summed E-state index contributed by atoms with van der Waals surface area (Å²) >= 11 is 15.7. The molecule has 0 atom stereocenters. The zero-order valence-corrected chi connectivity index (χ0v) is 8.26. The van der Waals surface area contributed by atoms with Crippen LogP contribution in [0.4, 0.5) is 5.69 Å². The number of aryl methyl sites for hydroxylation is 1. The van der Waals surface area contributed by atoms with E-state index in [4.69, 9.17) is 28.9 Å². The third-order valence-corrected chi connectivity index (χ3v) is 2.81. The van der Waals surface area contributed by atoms with Crippen molar-refractivity contribution in [3.8, 4) is 0 Å². The molecule has 0 spiro atoms. The molecule has 0 aliphatic rings. The lowest BCUT2D eigenvalue weighted by Gasteiger charge is -2.06. The first-order chi connectivity index (χ1) is 5.04. The predicted molar refractivity (Wildman–Crippen MR) is 52.9 cm³/mol. The minimum atomic E-state index is 0.436. The first kappa shape index (κ1) is 9.04. The fraction of sp³-hybridized carbons (Fsp3) is 0.143. The van der Waals surface area contributed by atoms with Crippen molar-refractivity contribution in [2.45, 2.75) is 11.8 Å². The third kappa shape index (κ3) is 1.58. The monoisotopic (exact) mass is 207 g/mol. The highest BCUT2D eigenvalue weighted by Gasteiger charge is 2.07. The molecule has 0 bridgehead atoms. The molecule has 0 radical (unpaired) electrons. The van der Waals surface area contributed by atoms with Crippen LogP contribution in [0.5, 0.6) is 0 Å². The Morgan fingerprint density at radius 3 is 2.55 bits per heavy atom. The van der Waals surface area contributed by atoms with Crippen LogP contribution in [-0.4, -0.2) is 0 Å². The molecule has 2 N–H and O–H groups in total. The van der Waals surface area contributed by atoms with Crippen LogP contribution in [-0.2, 0) is 0 Å². The van der Waals surface area contributed by atoms with E-state index in [1.54, 1.807) is 6.07 Å². The largest absolute Gasteiger partial charge is 0.397 e. The molecule has 1 rings (SSSR count). The average molecular weight is 208 g/mol. The lowest BCUT2D eigenvalue weighted by molar-refractivity contribution is 1.37. The SMILES string of the molecule is Cc1cc(Cl)c(N)c(S)c1Cl. The van der Waals surface area contributed by atoms with Crippen molar-refractivity contribution in [3.63, 3.8) is 0 Å². The number of thiol groups is 1. The summed E-state index contributed by atoms with van der Waals surface area (Å²) in [4.78, 5) is 0.552. The molecule has 1 aromatic carbocycles. The number of hydrogen-bond donors (Lipinski definition) is 2. The second-order valence-electron chi connectivity index (χ2n) is 2.25. The number of rotatable bonds is 0. The molecule has 1 nitrogen and oxygen atoms in total. The van der Waals surface area contributed by atoms with Gasteiger partial charge in [-0.3, -0.25) is 0 Å². The van der Waals surface area contributed by atoms with Crippen molar-refractivity contribution in [2.24, 2.45) is 0 Å². The second kappa shape index (κ2) is 3.13. The van der Waals surface area contributed by atoms with E-state index in [1.165, 1.54) is 0 Å². The third-order valence-electron chi connectivity index (χ3n) is 1.41. The van der Waals surface area contributed by atoms with Crippen LogP contribution in [0.2, 0.25) is 10.0 Å². The van der Waals surface area contributed by atoms with E-state index >= 15 is 0 Å². The normalized spacial score (nSPS) is 10.2. The topological polar surface area (TPSA) is 26.0 Å². The zero-order valence-electron chi connectivity index (χ0n) is 5.86. The van der Waals surface area contributed by atoms with E-state index in [0.29, 0.717) is 20.6 Å². The van der Waals surface area contributed by atoms with Gasteiger partial charge in [0, 0.05) is 4.90 Å². The molecular weight excluding hydrogens is 201 g/mol. The lowest BCUT2D eigenvalue weighted by atomic mass is 10.2. The Balaban J connectivity index is 3.46. The summed E-state index contributed by atoms with van der Waals surface area (Å²) in [5.41, 5.74) is 6.88. The molecule has 4 heteroatoms. The number of hydrogen-bond acceptors (Lipinski definition) is 2. The zero-order chi connectivity index (χ0) is 8.59. The molecule has 1 aromatic rings. The Labute approximate surface area is 80.9 Å². The molecular formula is C7H7Cl2NS.